The number of hydrogen-bond acceptors (Lipinski definition) is 4. The summed E-state index contributed by atoms with van der Waals surface area (Å²) in [7, 11) is 0. The van der Waals surface area contributed by atoms with Crippen molar-refractivity contribution in [2.24, 2.45) is 0 Å². The molecule has 3 rings (SSSR count). The van der Waals surface area contributed by atoms with Gasteiger partial charge < -0.3 is 10.4 Å². The number of aliphatic hydroxyl groups is 1. The molecule has 1 heterocycles. The number of hydrogen-bond donors (Lipinski definition) is 2. The molecule has 0 amide bonds. The van der Waals surface area contributed by atoms with Crippen molar-refractivity contribution in [2.45, 2.75) is 18.9 Å². The van der Waals surface area contributed by atoms with Crippen LogP contribution in [0.25, 0.3) is 0 Å². The van der Waals surface area contributed by atoms with Crippen LogP contribution < -0.4 is 5.32 Å². The third-order valence-electron chi connectivity index (χ3n) is 3.06. The number of halogens is 1. The zero-order valence-corrected chi connectivity index (χ0v) is 11.8. The fraction of sp³-hybridized carbons (Fsp3) is 0.231. The first-order valence-corrected chi connectivity index (χ1v) is 6.86. The fourth-order valence-electron chi connectivity index (χ4n) is 2.17. The number of aromatic nitrogens is 2. The summed E-state index contributed by atoms with van der Waals surface area (Å²) in [4.78, 5) is 8.45. The Balaban J connectivity index is 1.94. The molecule has 1 unspecified atom stereocenters. The van der Waals surface area contributed by atoms with Gasteiger partial charge in [-0.25, -0.2) is 9.97 Å². The van der Waals surface area contributed by atoms with E-state index in [4.69, 9.17) is 0 Å². The van der Waals surface area contributed by atoms with Gasteiger partial charge in [0.2, 0.25) is 0 Å². The molecule has 0 radical (unpaired) electrons. The molecule has 0 saturated carbocycles. The van der Waals surface area contributed by atoms with Crippen molar-refractivity contribution in [3.05, 3.63) is 45.4 Å². The van der Waals surface area contributed by atoms with E-state index in [0.717, 1.165) is 29.8 Å². The zero-order valence-electron chi connectivity index (χ0n) is 9.60. The minimum Gasteiger partial charge on any atom is -0.388 e. The van der Waals surface area contributed by atoms with Crippen LogP contribution in [-0.4, -0.2) is 15.1 Å². The van der Waals surface area contributed by atoms with Crippen LogP contribution in [0.5, 0.6) is 0 Å². The summed E-state index contributed by atoms with van der Waals surface area (Å²) in [5.41, 5.74) is 2.76. The maximum Gasteiger partial charge on any atom is 0.139 e. The summed E-state index contributed by atoms with van der Waals surface area (Å²) in [6.07, 6.45) is 2.65. The van der Waals surface area contributed by atoms with Gasteiger partial charge in [-0.3, -0.25) is 0 Å². The standard InChI is InChI=1S/C13H12IN3O/c14-8-1-3-9(4-2-8)17-13-12-10(15-7-16-13)5-6-11(12)18/h1-4,7,11,18H,5-6H2,(H,15,16,17). The zero-order chi connectivity index (χ0) is 12.5. The molecule has 0 fully saturated rings. The number of nitrogens with one attached hydrogen (secondary N) is 1. The summed E-state index contributed by atoms with van der Waals surface area (Å²) < 4.78 is 1.19. The van der Waals surface area contributed by atoms with Crippen molar-refractivity contribution >= 4 is 34.1 Å². The molecule has 1 atom stereocenters. The fourth-order valence-corrected chi connectivity index (χ4v) is 2.53. The predicted molar refractivity (Wildman–Crippen MR) is 77.8 cm³/mol. The van der Waals surface area contributed by atoms with Crippen LogP contribution in [-0.2, 0) is 6.42 Å². The molecule has 0 saturated heterocycles. The van der Waals surface area contributed by atoms with Crippen LogP contribution in [0.1, 0.15) is 23.8 Å². The van der Waals surface area contributed by atoms with E-state index in [-0.39, 0.29) is 0 Å². The Morgan fingerprint density at radius 3 is 2.78 bits per heavy atom. The highest BCUT2D eigenvalue weighted by Gasteiger charge is 2.25. The van der Waals surface area contributed by atoms with Gasteiger partial charge in [0, 0.05) is 14.8 Å². The largest absolute Gasteiger partial charge is 0.388 e. The second kappa shape index (κ2) is 4.81. The van der Waals surface area contributed by atoms with Gasteiger partial charge in [-0.15, -0.1) is 0 Å². The molecule has 18 heavy (non-hydrogen) atoms. The SMILES string of the molecule is OC1CCc2ncnc(Nc3ccc(I)cc3)c21. The lowest BCUT2D eigenvalue weighted by Gasteiger charge is -2.11. The smallest absolute Gasteiger partial charge is 0.139 e. The van der Waals surface area contributed by atoms with E-state index < -0.39 is 6.10 Å². The van der Waals surface area contributed by atoms with Crippen molar-refractivity contribution < 1.29 is 5.11 Å². The van der Waals surface area contributed by atoms with E-state index in [9.17, 15) is 5.11 Å². The summed E-state index contributed by atoms with van der Waals surface area (Å²) in [6.45, 7) is 0. The summed E-state index contributed by atoms with van der Waals surface area (Å²) in [5.74, 6) is 0.714. The maximum atomic E-state index is 9.96. The molecule has 2 N–H and O–H groups in total. The number of benzene rings is 1. The average molecular weight is 353 g/mol. The minimum absolute atomic E-state index is 0.451. The molecule has 92 valence electrons. The Hall–Kier alpha value is -1.21. The van der Waals surface area contributed by atoms with E-state index in [1.807, 2.05) is 24.3 Å². The molecule has 0 spiro atoms. The van der Waals surface area contributed by atoms with E-state index in [1.165, 1.54) is 3.57 Å². The number of anilines is 2. The maximum absolute atomic E-state index is 9.96. The van der Waals surface area contributed by atoms with Gasteiger partial charge in [0.1, 0.15) is 12.1 Å². The van der Waals surface area contributed by atoms with Crippen LogP contribution >= 0.6 is 22.6 Å². The Morgan fingerprint density at radius 1 is 1.22 bits per heavy atom. The average Bonchev–Trinajstić information content (AvgIpc) is 2.75. The summed E-state index contributed by atoms with van der Waals surface area (Å²) >= 11 is 2.27. The van der Waals surface area contributed by atoms with Gasteiger partial charge in [-0.1, -0.05) is 0 Å². The van der Waals surface area contributed by atoms with Crippen LogP contribution in [0.2, 0.25) is 0 Å². The van der Waals surface area contributed by atoms with Gasteiger partial charge in [-0.2, -0.15) is 0 Å². The number of fused-ring (bicyclic) bond motifs is 1. The Labute approximate surface area is 119 Å². The van der Waals surface area contributed by atoms with Gasteiger partial charge >= 0.3 is 0 Å². The van der Waals surface area contributed by atoms with Gasteiger partial charge in [0.15, 0.2) is 0 Å². The van der Waals surface area contributed by atoms with E-state index in [2.05, 4.69) is 37.9 Å². The topological polar surface area (TPSA) is 58.0 Å². The summed E-state index contributed by atoms with van der Waals surface area (Å²) in [6, 6.07) is 8.05. The quantitative estimate of drug-likeness (QED) is 0.816. The molecule has 0 aliphatic heterocycles. The molecular weight excluding hydrogens is 341 g/mol. The van der Waals surface area contributed by atoms with Crippen LogP contribution in [0, 0.1) is 3.57 Å². The van der Waals surface area contributed by atoms with Crippen molar-refractivity contribution in [2.75, 3.05) is 5.32 Å². The predicted octanol–water partition coefficient (Wildman–Crippen LogP) is 2.80. The minimum atomic E-state index is -0.451. The first-order valence-electron chi connectivity index (χ1n) is 5.78. The van der Waals surface area contributed by atoms with Crippen LogP contribution in [0.3, 0.4) is 0 Å². The molecule has 1 aromatic carbocycles. The molecule has 4 nitrogen and oxygen atoms in total. The first-order chi connectivity index (χ1) is 8.74. The lowest BCUT2D eigenvalue weighted by molar-refractivity contribution is 0.180. The van der Waals surface area contributed by atoms with Crippen LogP contribution in [0.4, 0.5) is 11.5 Å². The van der Waals surface area contributed by atoms with Crippen LogP contribution in [0.15, 0.2) is 30.6 Å². The Bertz CT molecular complexity index is 571. The molecule has 0 bridgehead atoms. The monoisotopic (exact) mass is 353 g/mol. The van der Waals surface area contributed by atoms with E-state index >= 15 is 0 Å². The molecule has 1 aliphatic carbocycles. The molecule has 1 aliphatic rings. The highest BCUT2D eigenvalue weighted by atomic mass is 127. The first kappa shape index (κ1) is 11.9. The Kier molecular flexibility index (Phi) is 3.17. The highest BCUT2D eigenvalue weighted by Crippen LogP contribution is 2.34. The molecule has 2 aromatic rings. The number of aliphatic hydroxyl groups excluding tert-OH is 1. The second-order valence-corrected chi connectivity index (χ2v) is 5.51. The normalized spacial score (nSPS) is 17.6. The van der Waals surface area contributed by atoms with Gasteiger partial charge in [-0.05, 0) is 59.7 Å². The third-order valence-corrected chi connectivity index (χ3v) is 3.78. The van der Waals surface area contributed by atoms with Crippen molar-refractivity contribution in [3.8, 4) is 0 Å². The van der Waals surface area contributed by atoms with E-state index in [0.29, 0.717) is 5.82 Å². The van der Waals surface area contributed by atoms with Crippen molar-refractivity contribution in [1.29, 1.82) is 0 Å². The molecule has 1 aromatic heterocycles. The second-order valence-electron chi connectivity index (χ2n) is 4.27. The van der Waals surface area contributed by atoms with Crippen molar-refractivity contribution in [1.82, 2.24) is 9.97 Å². The van der Waals surface area contributed by atoms with Gasteiger partial charge in [0.05, 0.1) is 11.8 Å². The summed E-state index contributed by atoms with van der Waals surface area (Å²) in [5, 5.41) is 13.2. The lowest BCUT2D eigenvalue weighted by atomic mass is 10.2. The van der Waals surface area contributed by atoms with Gasteiger partial charge in [0.25, 0.3) is 0 Å². The van der Waals surface area contributed by atoms with E-state index in [1.54, 1.807) is 6.33 Å². The number of aryl methyl sites for hydroxylation is 1. The van der Waals surface area contributed by atoms with Crippen molar-refractivity contribution in [3.63, 3.8) is 0 Å². The Morgan fingerprint density at radius 2 is 2.00 bits per heavy atom. The number of nitrogens with zero attached hydrogens (tertiary/aromatic N) is 2. The molecular formula is C13H12IN3O. The molecule has 5 heteroatoms. The number of rotatable bonds is 2. The lowest BCUT2D eigenvalue weighted by Crippen LogP contribution is -2.03. The highest BCUT2D eigenvalue weighted by molar-refractivity contribution is 14.1. The third kappa shape index (κ3) is 2.20.